The SMILES string of the molecule is CC1CCc2c(N3CCC(OC4OC(C(=O)O)C(O)C(O)C4O)CC3)c(F)cc3c(=O)c(C(=O)O)cn1c23. The van der Waals surface area contributed by atoms with E-state index in [9.17, 15) is 39.9 Å². The smallest absolute Gasteiger partial charge is 0.341 e. The monoisotopic (exact) mass is 536 g/mol. The van der Waals surface area contributed by atoms with Crippen molar-refractivity contribution in [2.45, 2.75) is 75.5 Å². The fourth-order valence-electron chi connectivity index (χ4n) is 5.70. The molecule has 12 nitrogen and oxygen atoms in total. The molecule has 0 saturated carbocycles. The fraction of sp³-hybridized carbons (Fsp3) is 0.560. The van der Waals surface area contributed by atoms with Crippen LogP contribution in [-0.2, 0) is 20.7 Å². The Balaban J connectivity index is 1.39. The van der Waals surface area contributed by atoms with Gasteiger partial charge in [-0.1, -0.05) is 0 Å². The van der Waals surface area contributed by atoms with Gasteiger partial charge in [0.05, 0.1) is 17.3 Å². The van der Waals surface area contributed by atoms with Crippen molar-refractivity contribution >= 4 is 28.5 Å². The molecule has 3 aliphatic rings. The highest BCUT2D eigenvalue weighted by Gasteiger charge is 2.48. The van der Waals surface area contributed by atoms with E-state index in [2.05, 4.69) is 0 Å². The molecule has 3 aliphatic heterocycles. The minimum Gasteiger partial charge on any atom is -0.479 e. The second kappa shape index (κ2) is 9.89. The van der Waals surface area contributed by atoms with E-state index in [1.54, 1.807) is 4.57 Å². The standard InChI is InChI=1S/C25H29FN2O10/c1-10-2-3-12-16-13(18(29)14(23(33)34)9-28(10)16)8-15(26)17(12)27-6-4-11(5-7-27)37-25-21(32)19(30)20(31)22(38-25)24(35)36/h8-11,19-22,25,30-32H,2-7H2,1H3,(H,33,34)(H,35,36). The summed E-state index contributed by atoms with van der Waals surface area (Å²) in [6, 6.07) is 1.02. The Labute approximate surface area is 215 Å². The highest BCUT2D eigenvalue weighted by atomic mass is 19.1. The molecule has 4 heterocycles. The minimum absolute atomic E-state index is 0.0306. The molecular weight excluding hydrogens is 507 g/mol. The number of aryl methyl sites for hydroxylation is 1. The molecule has 0 amide bonds. The van der Waals surface area contributed by atoms with Crippen molar-refractivity contribution in [2.24, 2.45) is 0 Å². The third-order valence-corrected chi connectivity index (χ3v) is 7.75. The molecule has 0 radical (unpaired) electrons. The van der Waals surface area contributed by atoms with Crippen LogP contribution in [0.25, 0.3) is 10.9 Å². The number of rotatable bonds is 5. The van der Waals surface area contributed by atoms with Crippen LogP contribution in [0, 0.1) is 5.82 Å². The van der Waals surface area contributed by atoms with Gasteiger partial charge in [0.15, 0.2) is 12.4 Å². The molecule has 1 aromatic carbocycles. The van der Waals surface area contributed by atoms with Crippen molar-refractivity contribution in [3.05, 3.63) is 39.4 Å². The van der Waals surface area contributed by atoms with Crippen LogP contribution in [0.3, 0.4) is 0 Å². The number of benzene rings is 1. The lowest BCUT2D eigenvalue weighted by atomic mass is 9.93. The van der Waals surface area contributed by atoms with Gasteiger partial charge in [-0.15, -0.1) is 0 Å². The van der Waals surface area contributed by atoms with Gasteiger partial charge in [-0.2, -0.15) is 0 Å². The molecule has 5 N–H and O–H groups in total. The first-order valence-electron chi connectivity index (χ1n) is 12.5. The third-order valence-electron chi connectivity index (χ3n) is 7.75. The Morgan fingerprint density at radius 3 is 2.39 bits per heavy atom. The molecule has 2 aromatic rings. The number of hydrogen-bond acceptors (Lipinski definition) is 9. The lowest BCUT2D eigenvalue weighted by molar-refractivity contribution is -0.305. The minimum atomic E-state index is -1.82. The number of aromatic nitrogens is 1. The van der Waals surface area contributed by atoms with Gasteiger partial charge in [0.1, 0.15) is 29.7 Å². The van der Waals surface area contributed by atoms with E-state index in [0.717, 1.165) is 6.07 Å². The number of hydrogen-bond donors (Lipinski definition) is 5. The van der Waals surface area contributed by atoms with E-state index >= 15 is 4.39 Å². The fourth-order valence-corrected chi connectivity index (χ4v) is 5.70. The Kier molecular flexibility index (Phi) is 6.90. The molecule has 0 bridgehead atoms. The number of aromatic carboxylic acids is 1. The predicted molar refractivity (Wildman–Crippen MR) is 129 cm³/mol. The molecule has 13 heteroatoms. The summed E-state index contributed by atoms with van der Waals surface area (Å²) in [6.07, 6.45) is -5.78. The number of nitrogens with zero attached hydrogens (tertiary/aromatic N) is 2. The highest BCUT2D eigenvalue weighted by molar-refractivity contribution is 5.95. The quantitative estimate of drug-likeness (QED) is 0.353. The van der Waals surface area contributed by atoms with Gasteiger partial charge in [0.2, 0.25) is 5.43 Å². The molecule has 1 aromatic heterocycles. The van der Waals surface area contributed by atoms with E-state index in [1.807, 2.05) is 11.8 Å². The van der Waals surface area contributed by atoms with E-state index in [-0.39, 0.29) is 11.4 Å². The normalized spacial score (nSPS) is 30.0. The number of aliphatic hydroxyl groups excluding tert-OH is 3. The molecule has 0 aliphatic carbocycles. The molecule has 2 saturated heterocycles. The number of carbonyl (C=O) groups is 2. The van der Waals surface area contributed by atoms with Crippen molar-refractivity contribution in [1.82, 2.24) is 4.57 Å². The van der Waals surface area contributed by atoms with Gasteiger partial charge >= 0.3 is 11.9 Å². The number of ether oxygens (including phenoxy) is 2. The van der Waals surface area contributed by atoms with Gasteiger partial charge in [-0.3, -0.25) is 4.79 Å². The number of carboxylic acid groups (broad SMARTS) is 2. The first-order chi connectivity index (χ1) is 18.0. The Morgan fingerprint density at radius 2 is 1.76 bits per heavy atom. The zero-order valence-corrected chi connectivity index (χ0v) is 20.5. The lowest BCUT2D eigenvalue weighted by Gasteiger charge is -2.42. The van der Waals surface area contributed by atoms with Crippen LogP contribution in [0.5, 0.6) is 0 Å². The first-order valence-corrected chi connectivity index (χ1v) is 12.5. The molecular formula is C25H29FN2O10. The lowest BCUT2D eigenvalue weighted by Crippen LogP contribution is -2.61. The summed E-state index contributed by atoms with van der Waals surface area (Å²) in [4.78, 5) is 37.6. The summed E-state index contributed by atoms with van der Waals surface area (Å²) in [7, 11) is 0. The maximum Gasteiger partial charge on any atom is 0.341 e. The third kappa shape index (κ3) is 4.33. The van der Waals surface area contributed by atoms with E-state index in [0.29, 0.717) is 55.5 Å². The predicted octanol–water partition coefficient (Wildman–Crippen LogP) is 0.224. The van der Waals surface area contributed by atoms with Crippen LogP contribution >= 0.6 is 0 Å². The number of halogens is 1. The van der Waals surface area contributed by atoms with Gasteiger partial charge < -0.3 is 44.5 Å². The Bertz CT molecular complexity index is 1340. The van der Waals surface area contributed by atoms with E-state index < -0.39 is 65.6 Å². The molecule has 0 spiro atoms. The van der Waals surface area contributed by atoms with Gasteiger partial charge in [0, 0.05) is 36.3 Å². The Hall–Kier alpha value is -3.10. The number of aliphatic carboxylic acids is 1. The topological polar surface area (TPSA) is 179 Å². The zero-order chi connectivity index (χ0) is 27.5. The van der Waals surface area contributed by atoms with Gasteiger partial charge in [-0.05, 0) is 38.7 Å². The van der Waals surface area contributed by atoms with Crippen LogP contribution in [0.4, 0.5) is 10.1 Å². The van der Waals surface area contributed by atoms with Crippen LogP contribution in [0.1, 0.15) is 48.1 Å². The summed E-state index contributed by atoms with van der Waals surface area (Å²) in [5.74, 6) is -3.49. The summed E-state index contributed by atoms with van der Waals surface area (Å²) >= 11 is 0. The summed E-state index contributed by atoms with van der Waals surface area (Å²) in [5, 5.41) is 48.8. The van der Waals surface area contributed by atoms with E-state index in [4.69, 9.17) is 9.47 Å². The average Bonchev–Trinajstić information content (AvgIpc) is 2.87. The van der Waals surface area contributed by atoms with Crippen LogP contribution in [0.15, 0.2) is 17.1 Å². The van der Waals surface area contributed by atoms with Crippen molar-refractivity contribution in [1.29, 1.82) is 0 Å². The van der Waals surface area contributed by atoms with Crippen LogP contribution in [0.2, 0.25) is 0 Å². The molecule has 206 valence electrons. The van der Waals surface area contributed by atoms with Crippen LogP contribution in [-0.4, -0.2) is 91.9 Å². The first kappa shape index (κ1) is 26.5. The molecule has 5 rings (SSSR count). The van der Waals surface area contributed by atoms with E-state index in [1.165, 1.54) is 6.20 Å². The molecule has 2 fully saturated rings. The Morgan fingerprint density at radius 1 is 1.08 bits per heavy atom. The van der Waals surface area contributed by atoms with Gasteiger partial charge in [0.25, 0.3) is 0 Å². The molecule has 6 unspecified atom stereocenters. The maximum atomic E-state index is 15.5. The number of aliphatic hydroxyl groups is 3. The summed E-state index contributed by atoms with van der Waals surface area (Å²) < 4.78 is 28.2. The number of anilines is 1. The summed E-state index contributed by atoms with van der Waals surface area (Å²) in [6.45, 7) is 2.59. The maximum absolute atomic E-state index is 15.5. The van der Waals surface area contributed by atoms with Crippen molar-refractivity contribution in [2.75, 3.05) is 18.0 Å². The van der Waals surface area contributed by atoms with Gasteiger partial charge in [-0.25, -0.2) is 14.0 Å². The van der Waals surface area contributed by atoms with Crippen molar-refractivity contribution in [3.63, 3.8) is 0 Å². The molecule has 6 atom stereocenters. The second-order valence-corrected chi connectivity index (χ2v) is 10.1. The number of piperidine rings is 1. The molecule has 38 heavy (non-hydrogen) atoms. The highest BCUT2D eigenvalue weighted by Crippen LogP contribution is 2.39. The zero-order valence-electron chi connectivity index (χ0n) is 20.5. The largest absolute Gasteiger partial charge is 0.479 e. The summed E-state index contributed by atoms with van der Waals surface area (Å²) in [5.41, 5.74) is 0.378. The van der Waals surface area contributed by atoms with Crippen molar-refractivity contribution < 1.29 is 49.0 Å². The van der Waals surface area contributed by atoms with Crippen LogP contribution < -0.4 is 10.3 Å². The van der Waals surface area contributed by atoms with Crippen molar-refractivity contribution in [3.8, 4) is 0 Å². The second-order valence-electron chi connectivity index (χ2n) is 10.1. The average molecular weight is 537 g/mol. The number of carboxylic acids is 2. The number of pyridine rings is 1.